The predicted molar refractivity (Wildman–Crippen MR) is 95.9 cm³/mol. The number of aryl methyl sites for hydroxylation is 1. The predicted octanol–water partition coefficient (Wildman–Crippen LogP) is 3.69. The van der Waals surface area contributed by atoms with E-state index in [9.17, 15) is 14.0 Å². The van der Waals surface area contributed by atoms with Gasteiger partial charge in [-0.2, -0.15) is 0 Å². The number of nitrogens with zero attached hydrogens (tertiary/aromatic N) is 1. The summed E-state index contributed by atoms with van der Waals surface area (Å²) in [5, 5.41) is 2.78. The van der Waals surface area contributed by atoms with Crippen LogP contribution in [-0.4, -0.2) is 29.1 Å². The van der Waals surface area contributed by atoms with E-state index in [1.165, 1.54) is 22.7 Å². The topological polar surface area (TPSA) is 49.4 Å². The van der Waals surface area contributed by atoms with Crippen molar-refractivity contribution in [3.8, 4) is 0 Å². The van der Waals surface area contributed by atoms with Gasteiger partial charge in [0.2, 0.25) is 0 Å². The van der Waals surface area contributed by atoms with Gasteiger partial charge in [0.1, 0.15) is 11.4 Å². The van der Waals surface area contributed by atoms with Crippen molar-refractivity contribution < 1.29 is 14.0 Å². The fourth-order valence-corrected chi connectivity index (χ4v) is 3.67. The minimum absolute atomic E-state index is 0.227. The molecule has 0 unspecified atom stereocenters. The summed E-state index contributed by atoms with van der Waals surface area (Å²) in [6.45, 7) is 3.90. The van der Waals surface area contributed by atoms with Gasteiger partial charge in [0.05, 0.1) is 0 Å². The van der Waals surface area contributed by atoms with E-state index in [4.69, 9.17) is 0 Å². The summed E-state index contributed by atoms with van der Waals surface area (Å²) < 4.78 is 13.6. The molecule has 0 aliphatic carbocycles. The van der Waals surface area contributed by atoms with Crippen molar-refractivity contribution in [3.63, 3.8) is 0 Å². The number of carbonyl (C=O) groups is 2. The Kier molecular flexibility index (Phi) is 4.81. The van der Waals surface area contributed by atoms with Crippen LogP contribution in [0.1, 0.15) is 18.1 Å². The number of benzene rings is 2. The van der Waals surface area contributed by atoms with E-state index in [0.717, 1.165) is 11.1 Å². The van der Waals surface area contributed by atoms with Crippen molar-refractivity contribution in [1.29, 1.82) is 0 Å². The third kappa shape index (κ3) is 3.39. The van der Waals surface area contributed by atoms with E-state index >= 15 is 0 Å². The maximum atomic E-state index is 13.6. The molecule has 2 aromatic carbocycles. The molecule has 1 heterocycles. The van der Waals surface area contributed by atoms with Crippen molar-refractivity contribution in [3.05, 3.63) is 65.5 Å². The largest absolute Gasteiger partial charge is 0.325 e. The Morgan fingerprint density at radius 1 is 1.12 bits per heavy atom. The van der Waals surface area contributed by atoms with Crippen LogP contribution in [-0.2, 0) is 10.3 Å². The Balaban J connectivity index is 1.69. The van der Waals surface area contributed by atoms with Crippen LogP contribution in [0.4, 0.5) is 9.18 Å². The number of hydrogen-bond donors (Lipinski definition) is 1. The van der Waals surface area contributed by atoms with Crippen LogP contribution in [0.3, 0.4) is 0 Å². The fourth-order valence-electron chi connectivity index (χ4n) is 2.79. The molecule has 0 spiro atoms. The van der Waals surface area contributed by atoms with Gasteiger partial charge in [-0.05, 0) is 31.5 Å². The Labute approximate surface area is 150 Å². The first kappa shape index (κ1) is 17.5. The van der Waals surface area contributed by atoms with E-state index in [1.807, 2.05) is 31.2 Å². The normalized spacial score (nSPS) is 20.0. The summed E-state index contributed by atoms with van der Waals surface area (Å²) in [4.78, 5) is 26.8. The summed E-state index contributed by atoms with van der Waals surface area (Å²) in [5.74, 6) is -0.144. The summed E-state index contributed by atoms with van der Waals surface area (Å²) >= 11 is 1.29. The van der Waals surface area contributed by atoms with Gasteiger partial charge in [0.25, 0.3) is 5.91 Å². The highest BCUT2D eigenvalue weighted by atomic mass is 32.2. The first-order valence-electron chi connectivity index (χ1n) is 8.00. The van der Waals surface area contributed by atoms with E-state index in [0.29, 0.717) is 10.6 Å². The second-order valence-corrected chi connectivity index (χ2v) is 7.29. The fraction of sp³-hybridized carbons (Fsp3) is 0.263. The number of amides is 3. The van der Waals surface area contributed by atoms with Gasteiger partial charge in [0.15, 0.2) is 0 Å². The Hall–Kier alpha value is -2.34. The Bertz CT molecular complexity index is 809. The minimum Gasteiger partial charge on any atom is -0.319 e. The van der Waals surface area contributed by atoms with Gasteiger partial charge < -0.3 is 5.32 Å². The Morgan fingerprint density at radius 3 is 2.48 bits per heavy atom. The monoisotopic (exact) mass is 358 g/mol. The zero-order valence-electron chi connectivity index (χ0n) is 14.1. The van der Waals surface area contributed by atoms with E-state index < -0.39 is 11.6 Å². The molecule has 1 saturated heterocycles. The second kappa shape index (κ2) is 6.88. The molecular formula is C19H19FN2O2S. The van der Waals surface area contributed by atoms with Crippen molar-refractivity contribution >= 4 is 23.7 Å². The molecule has 1 aliphatic rings. The first-order chi connectivity index (χ1) is 11.9. The molecule has 0 radical (unpaired) electrons. The molecule has 3 rings (SSSR count). The minimum atomic E-state index is -1.06. The van der Waals surface area contributed by atoms with Crippen LogP contribution < -0.4 is 5.32 Å². The highest BCUT2D eigenvalue weighted by molar-refractivity contribution is 7.99. The van der Waals surface area contributed by atoms with Gasteiger partial charge >= 0.3 is 6.03 Å². The number of thioether (sulfide) groups is 1. The lowest BCUT2D eigenvalue weighted by molar-refractivity contribution is -0.130. The highest BCUT2D eigenvalue weighted by Gasteiger charge is 2.48. The van der Waals surface area contributed by atoms with Crippen molar-refractivity contribution in [1.82, 2.24) is 10.2 Å². The van der Waals surface area contributed by atoms with Crippen LogP contribution >= 0.6 is 11.8 Å². The first-order valence-corrected chi connectivity index (χ1v) is 8.99. The zero-order chi connectivity index (χ0) is 18.0. The van der Waals surface area contributed by atoms with Gasteiger partial charge in [-0.25, -0.2) is 9.18 Å². The lowest BCUT2D eigenvalue weighted by Crippen LogP contribution is -2.41. The number of urea groups is 1. The van der Waals surface area contributed by atoms with Crippen LogP contribution in [0.15, 0.2) is 53.4 Å². The van der Waals surface area contributed by atoms with Crippen LogP contribution in [0.2, 0.25) is 0 Å². The highest BCUT2D eigenvalue weighted by Crippen LogP contribution is 2.29. The molecule has 1 N–H and O–H groups in total. The molecule has 0 bridgehead atoms. The summed E-state index contributed by atoms with van der Waals surface area (Å²) in [6, 6.07) is 13.6. The molecule has 4 nitrogen and oxygen atoms in total. The lowest BCUT2D eigenvalue weighted by atomic mass is 9.91. The molecule has 0 aromatic heterocycles. The number of nitrogens with one attached hydrogen (secondary N) is 1. The smallest absolute Gasteiger partial charge is 0.319 e. The zero-order valence-corrected chi connectivity index (χ0v) is 14.9. The molecule has 1 aliphatic heterocycles. The molecule has 0 saturated carbocycles. The van der Waals surface area contributed by atoms with Crippen LogP contribution in [0, 0.1) is 12.7 Å². The third-order valence-electron chi connectivity index (χ3n) is 4.31. The van der Waals surface area contributed by atoms with Gasteiger partial charge in [-0.15, -0.1) is 11.8 Å². The molecule has 1 fully saturated rings. The molecule has 3 amide bonds. The third-order valence-corrected chi connectivity index (χ3v) is 5.34. The molecule has 6 heteroatoms. The summed E-state index contributed by atoms with van der Waals surface area (Å²) in [7, 11) is 0. The SMILES string of the molecule is Cc1ccc([C@]2(C)NC(=O)N(CCSc3ccccc3F)C2=O)cc1. The van der Waals surface area contributed by atoms with Gasteiger partial charge in [-0.1, -0.05) is 42.0 Å². The lowest BCUT2D eigenvalue weighted by Gasteiger charge is -2.22. The number of rotatable bonds is 5. The van der Waals surface area contributed by atoms with E-state index in [1.54, 1.807) is 25.1 Å². The number of hydrogen-bond acceptors (Lipinski definition) is 3. The molecule has 1 atom stereocenters. The standard InChI is InChI=1S/C19H19FN2O2S/c1-13-7-9-14(10-8-13)19(2)17(23)22(18(24)21-19)11-12-25-16-6-4-3-5-15(16)20/h3-10H,11-12H2,1-2H3,(H,21,24)/t19-/m0/s1. The van der Waals surface area contributed by atoms with E-state index in [2.05, 4.69) is 5.32 Å². The molecular weight excluding hydrogens is 339 g/mol. The average Bonchev–Trinajstić information content (AvgIpc) is 2.81. The maximum absolute atomic E-state index is 13.6. The molecule has 2 aromatic rings. The maximum Gasteiger partial charge on any atom is 0.325 e. The van der Waals surface area contributed by atoms with Gasteiger partial charge in [0, 0.05) is 17.2 Å². The van der Waals surface area contributed by atoms with Crippen LogP contribution in [0.5, 0.6) is 0 Å². The number of carbonyl (C=O) groups excluding carboxylic acids is 2. The molecule has 25 heavy (non-hydrogen) atoms. The average molecular weight is 358 g/mol. The van der Waals surface area contributed by atoms with Crippen molar-refractivity contribution in [2.24, 2.45) is 0 Å². The Morgan fingerprint density at radius 2 is 1.80 bits per heavy atom. The van der Waals surface area contributed by atoms with Crippen LogP contribution in [0.25, 0.3) is 0 Å². The molecule has 130 valence electrons. The van der Waals surface area contributed by atoms with Crippen molar-refractivity contribution in [2.45, 2.75) is 24.3 Å². The summed E-state index contributed by atoms with van der Waals surface area (Å²) in [6.07, 6.45) is 0. The summed E-state index contributed by atoms with van der Waals surface area (Å²) in [5.41, 5.74) is 0.774. The second-order valence-electron chi connectivity index (χ2n) is 6.16. The quantitative estimate of drug-likeness (QED) is 0.655. The van der Waals surface area contributed by atoms with Gasteiger partial charge in [-0.3, -0.25) is 9.69 Å². The van der Waals surface area contributed by atoms with E-state index in [-0.39, 0.29) is 18.3 Å². The number of halogens is 1. The number of imide groups is 1. The van der Waals surface area contributed by atoms with Crippen molar-refractivity contribution in [2.75, 3.05) is 12.3 Å².